The van der Waals surface area contributed by atoms with Gasteiger partial charge in [0.2, 0.25) is 5.91 Å². The summed E-state index contributed by atoms with van der Waals surface area (Å²) in [5, 5.41) is 8.65. The molecule has 0 saturated carbocycles. The van der Waals surface area contributed by atoms with Crippen LogP contribution < -0.4 is 20.7 Å². The van der Waals surface area contributed by atoms with Crippen LogP contribution in [0.3, 0.4) is 0 Å². The summed E-state index contributed by atoms with van der Waals surface area (Å²) < 4.78 is 6.77. The fraction of sp³-hybridized carbons (Fsp3) is 0.100. The number of benzene rings is 5. The zero-order valence-corrected chi connectivity index (χ0v) is 29.0. The Kier molecular flexibility index (Phi) is 11.0. The van der Waals surface area contributed by atoms with Gasteiger partial charge in [0.1, 0.15) is 16.7 Å². The first-order chi connectivity index (χ1) is 24.4. The molecule has 0 aliphatic heterocycles. The Morgan fingerprint density at radius 3 is 2.36 bits per heavy atom. The number of rotatable bonds is 12. The van der Waals surface area contributed by atoms with E-state index in [9.17, 15) is 14.4 Å². The molecule has 0 saturated heterocycles. The summed E-state index contributed by atoms with van der Waals surface area (Å²) in [5.41, 5.74) is 4.36. The van der Waals surface area contributed by atoms with Gasteiger partial charge >= 0.3 is 0 Å². The molecule has 6 rings (SSSR count). The lowest BCUT2D eigenvalue weighted by Crippen LogP contribution is -2.30. The number of carbonyl (C=O) groups excluding carboxylic acids is 3. The average molecular weight is 699 g/mol. The lowest BCUT2D eigenvalue weighted by Gasteiger charge is -2.17. The number of aryl methyl sites for hydroxylation is 1. The molecule has 0 aliphatic carbocycles. The summed E-state index contributed by atoms with van der Waals surface area (Å²) in [6.07, 6.45) is 1.60. The standard InChI is InChI=1S/C40H34N4O4S2/c1-3-48-34-20-11-10-17-29(34)24-33(42-37(45)28-15-8-5-9-16-28)38(46)41-30-18-12-19-31(25-30)49-36(27-13-6-4-7-14-27)39(47)44-40-43-32-22-21-26(2)23-35(32)50-40/h4-25,36H,3H2,1-2H3,(H,41,46)(H,42,45)(H,43,44,47)/b33-24+. The van der Waals surface area contributed by atoms with Crippen LogP contribution in [0.1, 0.15) is 39.2 Å². The average Bonchev–Trinajstić information content (AvgIpc) is 3.53. The molecule has 50 heavy (non-hydrogen) atoms. The van der Waals surface area contributed by atoms with E-state index < -0.39 is 17.1 Å². The van der Waals surface area contributed by atoms with Crippen molar-refractivity contribution in [3.8, 4) is 5.75 Å². The molecule has 1 unspecified atom stereocenters. The van der Waals surface area contributed by atoms with Crippen molar-refractivity contribution in [1.82, 2.24) is 10.3 Å². The maximum Gasteiger partial charge on any atom is 0.272 e. The van der Waals surface area contributed by atoms with Crippen LogP contribution in [0, 0.1) is 6.92 Å². The highest BCUT2D eigenvalue weighted by molar-refractivity contribution is 8.00. The highest BCUT2D eigenvalue weighted by atomic mass is 32.2. The Morgan fingerprint density at radius 1 is 0.840 bits per heavy atom. The molecule has 6 aromatic rings. The number of anilines is 2. The minimum Gasteiger partial charge on any atom is -0.493 e. The number of thiazole rings is 1. The van der Waals surface area contributed by atoms with Crippen LogP contribution in [0.5, 0.6) is 5.75 Å². The van der Waals surface area contributed by atoms with E-state index in [2.05, 4.69) is 27.0 Å². The van der Waals surface area contributed by atoms with Gasteiger partial charge in [-0.3, -0.25) is 14.4 Å². The van der Waals surface area contributed by atoms with E-state index in [0.29, 0.717) is 34.3 Å². The van der Waals surface area contributed by atoms with E-state index in [1.165, 1.54) is 23.1 Å². The van der Waals surface area contributed by atoms with Crippen LogP contribution in [0.2, 0.25) is 0 Å². The predicted molar refractivity (Wildman–Crippen MR) is 203 cm³/mol. The molecule has 3 amide bonds. The normalized spacial score (nSPS) is 11.8. The molecule has 0 bridgehead atoms. The molecule has 0 spiro atoms. The van der Waals surface area contributed by atoms with E-state index in [1.54, 1.807) is 42.5 Å². The van der Waals surface area contributed by atoms with Crippen molar-refractivity contribution in [2.75, 3.05) is 17.2 Å². The number of fused-ring (bicyclic) bond motifs is 1. The van der Waals surface area contributed by atoms with Crippen LogP contribution in [0.15, 0.2) is 138 Å². The molecule has 250 valence electrons. The van der Waals surface area contributed by atoms with Crippen LogP contribution in [0.25, 0.3) is 16.3 Å². The van der Waals surface area contributed by atoms with Gasteiger partial charge < -0.3 is 20.7 Å². The Morgan fingerprint density at radius 2 is 1.58 bits per heavy atom. The molecular weight excluding hydrogens is 665 g/mol. The zero-order chi connectivity index (χ0) is 34.9. The molecule has 0 fully saturated rings. The molecule has 1 aromatic heterocycles. The number of nitrogens with zero attached hydrogens (tertiary/aromatic N) is 1. The summed E-state index contributed by atoms with van der Waals surface area (Å²) in [5.74, 6) is -0.580. The topological polar surface area (TPSA) is 109 Å². The molecule has 3 N–H and O–H groups in total. The summed E-state index contributed by atoms with van der Waals surface area (Å²) in [4.78, 5) is 46.1. The first-order valence-electron chi connectivity index (χ1n) is 16.0. The molecule has 1 atom stereocenters. The van der Waals surface area contributed by atoms with Crippen molar-refractivity contribution >= 4 is 67.9 Å². The molecule has 0 aliphatic rings. The number of nitrogens with one attached hydrogen (secondary N) is 3. The van der Waals surface area contributed by atoms with E-state index in [4.69, 9.17) is 4.74 Å². The number of amides is 3. The monoisotopic (exact) mass is 698 g/mol. The van der Waals surface area contributed by atoms with Crippen molar-refractivity contribution in [3.05, 3.63) is 155 Å². The molecule has 1 heterocycles. The third-order valence-electron chi connectivity index (χ3n) is 7.51. The molecule has 0 radical (unpaired) electrons. The second kappa shape index (κ2) is 16.1. The van der Waals surface area contributed by atoms with E-state index >= 15 is 0 Å². The van der Waals surface area contributed by atoms with Crippen molar-refractivity contribution in [3.63, 3.8) is 0 Å². The predicted octanol–water partition coefficient (Wildman–Crippen LogP) is 8.89. The van der Waals surface area contributed by atoms with Crippen molar-refractivity contribution < 1.29 is 19.1 Å². The quantitative estimate of drug-likeness (QED) is 0.0870. The lowest BCUT2D eigenvalue weighted by molar-refractivity contribution is -0.116. The summed E-state index contributed by atoms with van der Waals surface area (Å²) in [7, 11) is 0. The maximum atomic E-state index is 13.8. The highest BCUT2D eigenvalue weighted by Crippen LogP contribution is 2.38. The first-order valence-corrected chi connectivity index (χ1v) is 17.7. The number of para-hydroxylation sites is 1. The minimum atomic E-state index is -0.605. The van der Waals surface area contributed by atoms with Gasteiger partial charge in [-0.2, -0.15) is 0 Å². The Labute approximate surface area is 298 Å². The van der Waals surface area contributed by atoms with E-state index in [1.807, 2.05) is 98.8 Å². The SMILES string of the molecule is CCOc1ccccc1/C=C(/NC(=O)c1ccccc1)C(=O)Nc1cccc(SC(C(=O)Nc2nc3ccc(C)cc3s2)c2ccccc2)c1. The first kappa shape index (κ1) is 34.2. The summed E-state index contributed by atoms with van der Waals surface area (Å²) in [6, 6.07) is 38.8. The number of carbonyl (C=O) groups is 3. The number of aromatic nitrogens is 1. The number of thioether (sulfide) groups is 1. The fourth-order valence-corrected chi connectivity index (χ4v) is 7.17. The van der Waals surface area contributed by atoms with Crippen LogP contribution in [0.4, 0.5) is 10.8 Å². The van der Waals surface area contributed by atoms with Crippen LogP contribution in [-0.4, -0.2) is 29.3 Å². The van der Waals surface area contributed by atoms with Crippen molar-refractivity contribution in [2.24, 2.45) is 0 Å². The Balaban J connectivity index is 1.24. The van der Waals surface area contributed by atoms with Gasteiger partial charge in [0.05, 0.1) is 16.8 Å². The van der Waals surface area contributed by atoms with Gasteiger partial charge in [0.15, 0.2) is 5.13 Å². The number of ether oxygens (including phenoxy) is 1. The maximum absolute atomic E-state index is 13.8. The third kappa shape index (κ3) is 8.65. The van der Waals surface area contributed by atoms with Gasteiger partial charge in [-0.25, -0.2) is 4.98 Å². The van der Waals surface area contributed by atoms with Crippen molar-refractivity contribution in [2.45, 2.75) is 24.0 Å². The highest BCUT2D eigenvalue weighted by Gasteiger charge is 2.24. The second-order valence-corrected chi connectivity index (χ2v) is 13.4. The van der Waals surface area contributed by atoms with Crippen molar-refractivity contribution in [1.29, 1.82) is 0 Å². The number of hydrogen-bond acceptors (Lipinski definition) is 7. The van der Waals surface area contributed by atoms with Gasteiger partial charge in [-0.1, -0.05) is 90.2 Å². The second-order valence-electron chi connectivity index (χ2n) is 11.2. The molecule has 5 aromatic carbocycles. The minimum absolute atomic E-state index is 0.0385. The number of hydrogen-bond donors (Lipinski definition) is 3. The van der Waals surface area contributed by atoms with Gasteiger partial charge in [-0.05, 0) is 79.6 Å². The summed E-state index contributed by atoms with van der Waals surface area (Å²) in [6.45, 7) is 4.34. The van der Waals surface area contributed by atoms with Crippen LogP contribution in [-0.2, 0) is 9.59 Å². The third-order valence-corrected chi connectivity index (χ3v) is 9.69. The van der Waals surface area contributed by atoms with Crippen LogP contribution >= 0.6 is 23.1 Å². The van der Waals surface area contributed by atoms with E-state index in [-0.39, 0.29) is 11.6 Å². The Bertz CT molecular complexity index is 2170. The summed E-state index contributed by atoms with van der Waals surface area (Å²) >= 11 is 2.79. The largest absolute Gasteiger partial charge is 0.493 e. The Hall–Kier alpha value is -5.71. The zero-order valence-electron chi connectivity index (χ0n) is 27.4. The molecule has 8 nitrogen and oxygen atoms in total. The van der Waals surface area contributed by atoms with Gasteiger partial charge in [0.25, 0.3) is 11.8 Å². The lowest BCUT2D eigenvalue weighted by atomic mass is 10.1. The molecular formula is C40H34N4O4S2. The fourth-order valence-electron chi connectivity index (χ4n) is 5.12. The smallest absolute Gasteiger partial charge is 0.272 e. The van der Waals surface area contributed by atoms with Gasteiger partial charge in [-0.15, -0.1) is 11.8 Å². The molecule has 10 heteroatoms. The van der Waals surface area contributed by atoms with E-state index in [0.717, 1.165) is 26.2 Å². The van der Waals surface area contributed by atoms with Gasteiger partial charge in [0, 0.05) is 21.7 Å².